The zero-order valence-corrected chi connectivity index (χ0v) is 12.9. The van der Waals surface area contributed by atoms with Crippen molar-refractivity contribution in [2.24, 2.45) is 0 Å². The highest BCUT2D eigenvalue weighted by Gasteiger charge is 2.34. The maximum absolute atomic E-state index is 12.9. The Morgan fingerprint density at radius 2 is 1.57 bits per heavy atom. The molecule has 2 rings (SSSR count). The summed E-state index contributed by atoms with van der Waals surface area (Å²) < 4.78 is 38.6. The zero-order valence-electron chi connectivity index (χ0n) is 10.4. The molecule has 0 unspecified atom stereocenters. The number of nitrogen functional groups attached to an aromatic ring is 2. The van der Waals surface area contributed by atoms with Crippen molar-refractivity contribution in [2.75, 3.05) is 11.5 Å². The van der Waals surface area contributed by atoms with Crippen molar-refractivity contribution in [1.29, 1.82) is 0 Å². The van der Waals surface area contributed by atoms with Gasteiger partial charge in [-0.25, -0.2) is 0 Å². The molecule has 1 aromatic heterocycles. The predicted octanol–water partition coefficient (Wildman–Crippen LogP) is 4.20. The van der Waals surface area contributed by atoms with Gasteiger partial charge in [0.05, 0.1) is 11.3 Å². The lowest BCUT2D eigenvalue weighted by Gasteiger charge is -2.13. The van der Waals surface area contributed by atoms with Gasteiger partial charge >= 0.3 is 6.18 Å². The molecule has 0 aliphatic rings. The van der Waals surface area contributed by atoms with Crippen LogP contribution in [-0.2, 0) is 6.18 Å². The molecule has 118 valence electrons. The first kappa shape index (κ1) is 21.9. The Morgan fingerprint density at radius 3 is 2.14 bits per heavy atom. The summed E-state index contributed by atoms with van der Waals surface area (Å²) in [6, 6.07) is 6.56. The molecule has 4 N–H and O–H groups in total. The van der Waals surface area contributed by atoms with Crippen molar-refractivity contribution in [3.63, 3.8) is 0 Å². The number of nitrogens with two attached hydrogens (primary N) is 2. The summed E-state index contributed by atoms with van der Waals surface area (Å²) >= 11 is 0. The van der Waals surface area contributed by atoms with E-state index in [1.807, 2.05) is 0 Å². The standard InChI is InChI=1S/C12H10F3N3.3ClH/c13-12(14,15)9-2-1-5-18-11(9)8-6-7(16)3-4-10(8)17;;;/h1-6H,16-17H2;3*1H. The van der Waals surface area contributed by atoms with E-state index in [1.54, 1.807) is 0 Å². The molecule has 0 spiro atoms. The number of anilines is 2. The molecule has 3 nitrogen and oxygen atoms in total. The fraction of sp³-hybridized carbons (Fsp3) is 0.0833. The van der Waals surface area contributed by atoms with Crippen molar-refractivity contribution in [3.8, 4) is 11.3 Å². The van der Waals surface area contributed by atoms with Crippen molar-refractivity contribution in [3.05, 3.63) is 42.1 Å². The second-order valence-corrected chi connectivity index (χ2v) is 3.74. The molecule has 9 heteroatoms. The summed E-state index contributed by atoms with van der Waals surface area (Å²) in [5.74, 6) is 0. The summed E-state index contributed by atoms with van der Waals surface area (Å²) in [6.45, 7) is 0. The molecule has 0 amide bonds. The Morgan fingerprint density at radius 1 is 0.952 bits per heavy atom. The van der Waals surface area contributed by atoms with E-state index in [4.69, 9.17) is 11.5 Å². The molecule has 2 aromatic rings. The number of alkyl halides is 3. The summed E-state index contributed by atoms with van der Waals surface area (Å²) in [5.41, 5.74) is 10.9. The summed E-state index contributed by atoms with van der Waals surface area (Å²) in [6.07, 6.45) is -3.20. The summed E-state index contributed by atoms with van der Waals surface area (Å²) in [4.78, 5) is 3.76. The fourth-order valence-electron chi connectivity index (χ4n) is 1.63. The molecule has 0 aliphatic heterocycles. The van der Waals surface area contributed by atoms with Crippen LogP contribution in [0, 0.1) is 0 Å². The van der Waals surface area contributed by atoms with Crippen LogP contribution in [-0.4, -0.2) is 4.98 Å². The van der Waals surface area contributed by atoms with Crippen LogP contribution in [0.3, 0.4) is 0 Å². The number of nitrogens with zero attached hydrogens (tertiary/aromatic N) is 1. The number of hydrogen-bond acceptors (Lipinski definition) is 3. The van der Waals surface area contributed by atoms with Crippen molar-refractivity contribution in [2.45, 2.75) is 6.18 Å². The first-order chi connectivity index (χ1) is 8.39. The maximum atomic E-state index is 12.9. The monoisotopic (exact) mass is 361 g/mol. The molecule has 21 heavy (non-hydrogen) atoms. The van der Waals surface area contributed by atoms with E-state index in [9.17, 15) is 13.2 Å². The van der Waals surface area contributed by atoms with Gasteiger partial charge in [0, 0.05) is 23.1 Å². The van der Waals surface area contributed by atoms with Crippen LogP contribution in [0.5, 0.6) is 0 Å². The van der Waals surface area contributed by atoms with Gasteiger partial charge < -0.3 is 11.5 Å². The number of rotatable bonds is 1. The molecule has 0 saturated carbocycles. The number of benzene rings is 1. The molecule has 0 atom stereocenters. The first-order valence-electron chi connectivity index (χ1n) is 5.07. The van der Waals surface area contributed by atoms with Crippen LogP contribution in [0.2, 0.25) is 0 Å². The zero-order chi connectivity index (χ0) is 13.3. The number of pyridine rings is 1. The quantitative estimate of drug-likeness (QED) is 0.747. The smallest absolute Gasteiger partial charge is 0.399 e. The second kappa shape index (κ2) is 8.17. The molecule has 0 aliphatic carbocycles. The molecule has 0 fully saturated rings. The number of hydrogen-bond donors (Lipinski definition) is 2. The van der Waals surface area contributed by atoms with Crippen LogP contribution in [0.15, 0.2) is 36.5 Å². The van der Waals surface area contributed by atoms with Gasteiger partial charge in [-0.05, 0) is 30.3 Å². The first-order valence-corrected chi connectivity index (χ1v) is 5.07. The van der Waals surface area contributed by atoms with Crippen LogP contribution in [0.25, 0.3) is 11.3 Å². The van der Waals surface area contributed by atoms with Crippen LogP contribution in [0.4, 0.5) is 24.5 Å². The Hall–Kier alpha value is -1.37. The average molecular weight is 363 g/mol. The molecule has 0 bridgehead atoms. The molecule has 1 aromatic carbocycles. The minimum Gasteiger partial charge on any atom is -0.399 e. The normalized spacial score (nSPS) is 9.86. The van der Waals surface area contributed by atoms with E-state index in [2.05, 4.69) is 4.98 Å². The lowest BCUT2D eigenvalue weighted by molar-refractivity contribution is -0.137. The van der Waals surface area contributed by atoms with Crippen molar-refractivity contribution < 1.29 is 13.2 Å². The fourth-order valence-corrected chi connectivity index (χ4v) is 1.63. The third-order valence-electron chi connectivity index (χ3n) is 2.45. The van der Waals surface area contributed by atoms with E-state index in [-0.39, 0.29) is 54.2 Å². The van der Waals surface area contributed by atoms with Crippen molar-refractivity contribution >= 4 is 48.6 Å². The van der Waals surface area contributed by atoms with Gasteiger partial charge in [0.2, 0.25) is 0 Å². The molecule has 0 saturated heterocycles. The predicted molar refractivity (Wildman–Crippen MR) is 85.2 cm³/mol. The minimum atomic E-state index is -4.49. The third-order valence-corrected chi connectivity index (χ3v) is 2.45. The average Bonchev–Trinajstić information content (AvgIpc) is 2.31. The van der Waals surface area contributed by atoms with Gasteiger partial charge in [-0.1, -0.05) is 0 Å². The lowest BCUT2D eigenvalue weighted by atomic mass is 10.0. The van der Waals surface area contributed by atoms with E-state index in [0.717, 1.165) is 6.07 Å². The second-order valence-electron chi connectivity index (χ2n) is 3.74. The SMILES string of the molecule is Cl.Cl.Cl.Nc1ccc(N)c(-c2ncccc2C(F)(F)F)c1. The maximum Gasteiger partial charge on any atom is 0.418 e. The largest absolute Gasteiger partial charge is 0.418 e. The topological polar surface area (TPSA) is 64.9 Å². The van der Waals surface area contributed by atoms with E-state index >= 15 is 0 Å². The summed E-state index contributed by atoms with van der Waals surface area (Å²) in [7, 11) is 0. The molecular weight excluding hydrogens is 350 g/mol. The molecule has 1 heterocycles. The van der Waals surface area contributed by atoms with Gasteiger partial charge in [-0.3, -0.25) is 4.98 Å². The lowest BCUT2D eigenvalue weighted by Crippen LogP contribution is -2.09. The van der Waals surface area contributed by atoms with Gasteiger partial charge in [-0.15, -0.1) is 37.2 Å². The Kier molecular flexibility index (Phi) is 8.52. The molecular formula is C12H13Cl3F3N3. The minimum absolute atomic E-state index is 0. The Bertz CT molecular complexity index is 591. The number of halogens is 6. The van der Waals surface area contributed by atoms with Gasteiger partial charge in [-0.2, -0.15) is 13.2 Å². The van der Waals surface area contributed by atoms with Crippen LogP contribution < -0.4 is 11.5 Å². The van der Waals surface area contributed by atoms with Gasteiger partial charge in [0.1, 0.15) is 0 Å². The highest BCUT2D eigenvalue weighted by atomic mass is 35.5. The van der Waals surface area contributed by atoms with Crippen molar-refractivity contribution in [1.82, 2.24) is 4.98 Å². The van der Waals surface area contributed by atoms with E-state index in [0.29, 0.717) is 5.69 Å². The van der Waals surface area contributed by atoms with E-state index < -0.39 is 11.7 Å². The van der Waals surface area contributed by atoms with Crippen LogP contribution in [0.1, 0.15) is 5.56 Å². The van der Waals surface area contributed by atoms with Gasteiger partial charge in [0.15, 0.2) is 0 Å². The highest BCUT2D eigenvalue weighted by molar-refractivity contribution is 5.86. The van der Waals surface area contributed by atoms with E-state index in [1.165, 1.54) is 30.5 Å². The molecule has 0 radical (unpaired) electrons. The highest BCUT2D eigenvalue weighted by Crippen LogP contribution is 2.37. The summed E-state index contributed by atoms with van der Waals surface area (Å²) in [5, 5.41) is 0. The van der Waals surface area contributed by atoms with Crippen LogP contribution >= 0.6 is 37.2 Å². The number of aromatic nitrogens is 1. The third kappa shape index (κ3) is 4.84. The van der Waals surface area contributed by atoms with Gasteiger partial charge in [0.25, 0.3) is 0 Å². The Labute approximate surface area is 138 Å². The Balaban J connectivity index is 0.